The van der Waals surface area contributed by atoms with E-state index in [-0.39, 0.29) is 30.6 Å². The lowest BCUT2D eigenvalue weighted by Gasteiger charge is -2.04. The molecule has 0 atom stereocenters. The van der Waals surface area contributed by atoms with Crippen LogP contribution in [0.25, 0.3) is 0 Å². The van der Waals surface area contributed by atoms with Crippen LogP contribution in [0.1, 0.15) is 11.1 Å². The quantitative estimate of drug-likeness (QED) is 0.933. The third-order valence-electron chi connectivity index (χ3n) is 2.32. The third kappa shape index (κ3) is 5.45. The molecule has 0 saturated carbocycles. The minimum atomic E-state index is -0.196. The fourth-order valence-corrected chi connectivity index (χ4v) is 1.45. The van der Waals surface area contributed by atoms with E-state index in [4.69, 9.17) is 0 Å². The van der Waals surface area contributed by atoms with Gasteiger partial charge >= 0.3 is 0 Å². The molecular formula is C13H15Cl2FN2. The molecule has 18 heavy (non-hydrogen) atoms. The minimum Gasteiger partial charge on any atom is -0.309 e. The van der Waals surface area contributed by atoms with Gasteiger partial charge in [-0.25, -0.2) is 4.39 Å². The molecule has 5 heteroatoms. The molecule has 0 radical (unpaired) electrons. The number of nitrogens with one attached hydrogen (secondary N) is 1. The predicted octanol–water partition coefficient (Wildman–Crippen LogP) is 3.35. The molecule has 1 heterocycles. The number of benzene rings is 1. The SMILES string of the molecule is Cl.Cl.Fc1ccc(CNCc2ccncc2)cc1. The summed E-state index contributed by atoms with van der Waals surface area (Å²) >= 11 is 0. The van der Waals surface area contributed by atoms with Gasteiger partial charge in [0, 0.05) is 25.5 Å². The molecule has 0 unspecified atom stereocenters. The highest BCUT2D eigenvalue weighted by Gasteiger charge is 1.94. The average molecular weight is 289 g/mol. The number of halogens is 3. The van der Waals surface area contributed by atoms with Gasteiger partial charge in [0.15, 0.2) is 0 Å². The van der Waals surface area contributed by atoms with Crippen molar-refractivity contribution in [2.75, 3.05) is 0 Å². The Bertz CT molecular complexity index is 435. The summed E-state index contributed by atoms with van der Waals surface area (Å²) < 4.78 is 12.6. The van der Waals surface area contributed by atoms with E-state index < -0.39 is 0 Å². The molecule has 1 N–H and O–H groups in total. The van der Waals surface area contributed by atoms with Gasteiger partial charge in [-0.15, -0.1) is 24.8 Å². The Kier molecular flexibility index (Phi) is 8.29. The van der Waals surface area contributed by atoms with Crippen molar-refractivity contribution in [2.24, 2.45) is 0 Å². The Balaban J connectivity index is 0.00000144. The summed E-state index contributed by atoms with van der Waals surface area (Å²) in [6, 6.07) is 10.5. The maximum Gasteiger partial charge on any atom is 0.123 e. The Morgan fingerprint density at radius 3 is 1.89 bits per heavy atom. The molecule has 1 aromatic heterocycles. The lowest BCUT2D eigenvalue weighted by Crippen LogP contribution is -2.12. The van der Waals surface area contributed by atoms with Crippen LogP contribution in [0, 0.1) is 5.82 Å². The lowest BCUT2D eigenvalue weighted by molar-refractivity contribution is 0.625. The van der Waals surface area contributed by atoms with E-state index in [0.717, 1.165) is 18.7 Å². The van der Waals surface area contributed by atoms with E-state index in [0.29, 0.717) is 0 Å². The van der Waals surface area contributed by atoms with E-state index in [1.165, 1.54) is 17.7 Å². The molecule has 0 spiro atoms. The molecular weight excluding hydrogens is 274 g/mol. The third-order valence-corrected chi connectivity index (χ3v) is 2.32. The summed E-state index contributed by atoms with van der Waals surface area (Å²) in [5.74, 6) is -0.196. The molecule has 0 aliphatic heterocycles. The van der Waals surface area contributed by atoms with E-state index >= 15 is 0 Å². The highest BCUT2D eigenvalue weighted by Crippen LogP contribution is 2.03. The summed E-state index contributed by atoms with van der Waals surface area (Å²) in [6.45, 7) is 1.53. The van der Waals surface area contributed by atoms with Crippen molar-refractivity contribution in [1.29, 1.82) is 0 Å². The number of hydrogen-bond acceptors (Lipinski definition) is 2. The van der Waals surface area contributed by atoms with Gasteiger partial charge in [0.1, 0.15) is 5.82 Å². The molecule has 0 fully saturated rings. The van der Waals surface area contributed by atoms with Crippen molar-refractivity contribution in [1.82, 2.24) is 10.3 Å². The van der Waals surface area contributed by atoms with Crippen LogP contribution >= 0.6 is 24.8 Å². The van der Waals surface area contributed by atoms with Gasteiger partial charge in [0.2, 0.25) is 0 Å². The van der Waals surface area contributed by atoms with E-state index in [1.807, 2.05) is 12.1 Å². The number of rotatable bonds is 4. The summed E-state index contributed by atoms with van der Waals surface area (Å²) in [5, 5.41) is 3.29. The number of hydrogen-bond donors (Lipinski definition) is 1. The molecule has 0 aliphatic rings. The first-order valence-electron chi connectivity index (χ1n) is 5.18. The molecule has 2 rings (SSSR count). The van der Waals surface area contributed by atoms with Crippen molar-refractivity contribution in [2.45, 2.75) is 13.1 Å². The van der Waals surface area contributed by atoms with Crippen molar-refractivity contribution >= 4 is 24.8 Å². The van der Waals surface area contributed by atoms with E-state index in [9.17, 15) is 4.39 Å². The lowest BCUT2D eigenvalue weighted by atomic mass is 10.2. The zero-order chi connectivity index (χ0) is 11.2. The predicted molar refractivity (Wildman–Crippen MR) is 75.7 cm³/mol. The summed E-state index contributed by atoms with van der Waals surface area (Å²) in [6.07, 6.45) is 3.55. The van der Waals surface area contributed by atoms with Crippen molar-refractivity contribution < 1.29 is 4.39 Å². The van der Waals surface area contributed by atoms with Crippen molar-refractivity contribution in [3.8, 4) is 0 Å². The standard InChI is InChI=1S/C13H13FN2.2ClH/c14-13-3-1-11(2-4-13)9-16-10-12-5-7-15-8-6-12;;/h1-8,16H,9-10H2;2*1H. The van der Waals surface area contributed by atoms with Crippen LogP contribution in [-0.2, 0) is 13.1 Å². The fraction of sp³-hybridized carbons (Fsp3) is 0.154. The first-order chi connectivity index (χ1) is 7.84. The molecule has 1 aromatic carbocycles. The molecule has 0 aliphatic carbocycles. The summed E-state index contributed by atoms with van der Waals surface area (Å²) in [4.78, 5) is 3.95. The molecule has 98 valence electrons. The number of pyridine rings is 1. The highest BCUT2D eigenvalue weighted by molar-refractivity contribution is 5.85. The summed E-state index contributed by atoms with van der Waals surface area (Å²) in [5.41, 5.74) is 2.27. The number of aromatic nitrogens is 1. The van der Waals surface area contributed by atoms with E-state index in [1.54, 1.807) is 24.5 Å². The molecule has 2 aromatic rings. The van der Waals surface area contributed by atoms with Crippen LogP contribution in [-0.4, -0.2) is 4.98 Å². The van der Waals surface area contributed by atoms with Crippen LogP contribution < -0.4 is 5.32 Å². The van der Waals surface area contributed by atoms with Crippen LogP contribution in [0.2, 0.25) is 0 Å². The van der Waals surface area contributed by atoms with Crippen molar-refractivity contribution in [3.63, 3.8) is 0 Å². The Hall–Kier alpha value is -1.16. The van der Waals surface area contributed by atoms with Gasteiger partial charge in [-0.3, -0.25) is 4.98 Å². The number of nitrogens with zero attached hydrogens (tertiary/aromatic N) is 1. The zero-order valence-corrected chi connectivity index (χ0v) is 11.3. The maximum absolute atomic E-state index is 12.6. The first-order valence-corrected chi connectivity index (χ1v) is 5.18. The smallest absolute Gasteiger partial charge is 0.123 e. The van der Waals surface area contributed by atoms with Crippen LogP contribution in [0.4, 0.5) is 4.39 Å². The van der Waals surface area contributed by atoms with Gasteiger partial charge in [0.25, 0.3) is 0 Å². The van der Waals surface area contributed by atoms with Crippen LogP contribution in [0.15, 0.2) is 48.8 Å². The normalized spacial score (nSPS) is 9.17. The molecule has 0 saturated heterocycles. The zero-order valence-electron chi connectivity index (χ0n) is 9.67. The molecule has 0 bridgehead atoms. The molecule has 2 nitrogen and oxygen atoms in total. The van der Waals surface area contributed by atoms with Gasteiger partial charge in [0.05, 0.1) is 0 Å². The van der Waals surface area contributed by atoms with E-state index in [2.05, 4.69) is 10.3 Å². The average Bonchev–Trinajstić information content (AvgIpc) is 2.33. The van der Waals surface area contributed by atoms with Gasteiger partial charge in [-0.05, 0) is 35.4 Å². The Labute approximate surface area is 118 Å². The topological polar surface area (TPSA) is 24.9 Å². The Morgan fingerprint density at radius 2 is 1.33 bits per heavy atom. The van der Waals surface area contributed by atoms with Gasteiger partial charge in [-0.2, -0.15) is 0 Å². The first kappa shape index (κ1) is 16.8. The van der Waals surface area contributed by atoms with Gasteiger partial charge in [-0.1, -0.05) is 12.1 Å². The fourth-order valence-electron chi connectivity index (χ4n) is 1.45. The Morgan fingerprint density at radius 1 is 0.833 bits per heavy atom. The van der Waals surface area contributed by atoms with Crippen LogP contribution in [0.3, 0.4) is 0 Å². The monoisotopic (exact) mass is 288 g/mol. The largest absolute Gasteiger partial charge is 0.309 e. The minimum absolute atomic E-state index is 0. The van der Waals surface area contributed by atoms with Crippen molar-refractivity contribution in [3.05, 3.63) is 65.7 Å². The summed E-state index contributed by atoms with van der Waals surface area (Å²) in [7, 11) is 0. The van der Waals surface area contributed by atoms with Crippen LogP contribution in [0.5, 0.6) is 0 Å². The highest BCUT2D eigenvalue weighted by atomic mass is 35.5. The second kappa shape index (κ2) is 8.86. The van der Waals surface area contributed by atoms with Gasteiger partial charge < -0.3 is 5.32 Å². The maximum atomic E-state index is 12.6. The molecule has 0 amide bonds. The second-order valence-corrected chi connectivity index (χ2v) is 3.59. The second-order valence-electron chi connectivity index (χ2n) is 3.59.